The molecule has 0 rings (SSSR count). The number of aliphatic carboxylic acids is 1. The maximum absolute atomic E-state index is 11.4. The topological polar surface area (TPSA) is 118 Å². The van der Waals surface area contributed by atoms with Gasteiger partial charge in [0.1, 0.15) is 0 Å². The molecule has 1 atom stereocenters. The SMILES string of the molecule is CCCCCCCOC(=O)C(CC(=O)O)S(=O)(=O)O.[NaH].[NaH]. The third-order valence-electron chi connectivity index (χ3n) is 2.47. The predicted octanol–water partition coefficient (Wildman–Crippen LogP) is -0.0659. The molecule has 2 N–H and O–H groups in total. The van der Waals surface area contributed by atoms with E-state index >= 15 is 0 Å². The Morgan fingerprint density at radius 1 is 1.10 bits per heavy atom. The van der Waals surface area contributed by atoms with Crippen molar-refractivity contribution in [3.8, 4) is 0 Å². The Balaban J connectivity index is -0.00000162. The van der Waals surface area contributed by atoms with Gasteiger partial charge in [-0.2, -0.15) is 8.42 Å². The molecule has 0 aliphatic carbocycles. The van der Waals surface area contributed by atoms with Gasteiger partial charge in [-0.25, -0.2) is 0 Å². The summed E-state index contributed by atoms with van der Waals surface area (Å²) in [5.41, 5.74) is 0. The first kappa shape index (κ1) is 26.7. The van der Waals surface area contributed by atoms with Gasteiger partial charge < -0.3 is 9.84 Å². The fraction of sp³-hybridized carbons (Fsp3) is 0.818. The Labute approximate surface area is 169 Å². The van der Waals surface area contributed by atoms with Crippen molar-refractivity contribution >= 4 is 81.2 Å². The van der Waals surface area contributed by atoms with Crippen molar-refractivity contribution in [3.63, 3.8) is 0 Å². The molecule has 0 saturated carbocycles. The number of rotatable bonds is 10. The van der Waals surface area contributed by atoms with Gasteiger partial charge in [0, 0.05) is 0 Å². The molecular formula is C11H22Na2O7S. The molecule has 0 aromatic rings. The van der Waals surface area contributed by atoms with E-state index < -0.39 is 33.7 Å². The quantitative estimate of drug-likeness (QED) is 0.246. The van der Waals surface area contributed by atoms with Crippen molar-refractivity contribution in [2.75, 3.05) is 6.61 Å². The van der Waals surface area contributed by atoms with E-state index in [-0.39, 0.29) is 65.7 Å². The third-order valence-corrected chi connectivity index (χ3v) is 3.55. The number of carbonyl (C=O) groups excluding carboxylic acids is 1. The van der Waals surface area contributed by atoms with Gasteiger partial charge in [-0.15, -0.1) is 0 Å². The van der Waals surface area contributed by atoms with Crippen molar-refractivity contribution < 1.29 is 32.4 Å². The second-order valence-corrected chi connectivity index (χ2v) is 5.78. The summed E-state index contributed by atoms with van der Waals surface area (Å²) in [6.45, 7) is 2.08. The van der Waals surface area contributed by atoms with Crippen LogP contribution in [0, 0.1) is 0 Å². The molecule has 21 heavy (non-hydrogen) atoms. The average Bonchev–Trinajstić information content (AvgIpc) is 2.28. The Bertz CT molecular complexity index is 397. The molecule has 1 unspecified atom stereocenters. The van der Waals surface area contributed by atoms with E-state index in [0.717, 1.165) is 25.7 Å². The second-order valence-electron chi connectivity index (χ2n) is 4.18. The van der Waals surface area contributed by atoms with Crippen LogP contribution >= 0.6 is 0 Å². The van der Waals surface area contributed by atoms with E-state index in [1.165, 1.54) is 0 Å². The molecular weight excluding hydrogens is 322 g/mol. The first-order valence-electron chi connectivity index (χ1n) is 6.13. The molecule has 0 heterocycles. The zero-order chi connectivity index (χ0) is 14.9. The molecule has 0 aliphatic heterocycles. The Kier molecular flexibility index (Phi) is 18.4. The van der Waals surface area contributed by atoms with Crippen LogP contribution < -0.4 is 0 Å². The first-order valence-corrected chi connectivity index (χ1v) is 7.64. The maximum atomic E-state index is 11.4. The first-order chi connectivity index (χ1) is 8.79. The summed E-state index contributed by atoms with van der Waals surface area (Å²) in [6.07, 6.45) is 3.55. The van der Waals surface area contributed by atoms with Crippen molar-refractivity contribution in [2.24, 2.45) is 0 Å². The van der Waals surface area contributed by atoms with Crippen LogP contribution in [0.4, 0.5) is 0 Å². The molecule has 7 nitrogen and oxygen atoms in total. The van der Waals surface area contributed by atoms with Crippen LogP contribution in [0.5, 0.6) is 0 Å². The number of ether oxygens (including phenoxy) is 1. The van der Waals surface area contributed by atoms with Crippen LogP contribution in [0.25, 0.3) is 0 Å². The van der Waals surface area contributed by atoms with E-state index in [0.29, 0.717) is 6.42 Å². The summed E-state index contributed by atoms with van der Waals surface area (Å²) < 4.78 is 35.2. The molecule has 0 radical (unpaired) electrons. The molecule has 10 heteroatoms. The Morgan fingerprint density at radius 3 is 2.05 bits per heavy atom. The summed E-state index contributed by atoms with van der Waals surface area (Å²) in [5.74, 6) is -2.72. The standard InChI is InChI=1S/C11H20O7S.2Na.2H/c1-2-3-4-5-6-7-18-11(14)9(8-10(12)13)19(15,16)17;;;;/h9H,2-8H2,1H3,(H,12,13)(H,15,16,17);;;;. The summed E-state index contributed by atoms with van der Waals surface area (Å²) in [5, 5.41) is 6.43. The van der Waals surface area contributed by atoms with E-state index in [1.54, 1.807) is 0 Å². The fourth-order valence-corrected chi connectivity index (χ4v) is 2.10. The fourth-order valence-electron chi connectivity index (χ4n) is 1.44. The van der Waals surface area contributed by atoms with Crippen LogP contribution in [0.2, 0.25) is 0 Å². The van der Waals surface area contributed by atoms with Crippen molar-refractivity contribution in [1.29, 1.82) is 0 Å². The average molecular weight is 344 g/mol. The Hall–Kier alpha value is 0.850. The number of esters is 1. The van der Waals surface area contributed by atoms with E-state index in [4.69, 9.17) is 9.66 Å². The van der Waals surface area contributed by atoms with Crippen LogP contribution in [0.1, 0.15) is 45.4 Å². The normalized spacial score (nSPS) is 11.7. The summed E-state index contributed by atoms with van der Waals surface area (Å²) >= 11 is 0. The number of hydrogen-bond donors (Lipinski definition) is 2. The molecule has 0 fully saturated rings. The van der Waals surface area contributed by atoms with Gasteiger partial charge in [0.2, 0.25) is 0 Å². The van der Waals surface area contributed by atoms with Crippen LogP contribution in [0.15, 0.2) is 0 Å². The molecule has 0 aliphatic rings. The molecule has 0 saturated heterocycles. The van der Waals surface area contributed by atoms with Crippen LogP contribution in [-0.2, 0) is 24.4 Å². The van der Waals surface area contributed by atoms with Gasteiger partial charge in [-0.1, -0.05) is 32.6 Å². The number of unbranched alkanes of at least 4 members (excludes halogenated alkanes) is 4. The zero-order valence-electron chi connectivity index (χ0n) is 10.9. The van der Waals surface area contributed by atoms with Gasteiger partial charge in [-0.05, 0) is 6.42 Å². The van der Waals surface area contributed by atoms with Crippen molar-refractivity contribution in [2.45, 2.75) is 50.7 Å². The summed E-state index contributed by atoms with van der Waals surface area (Å²) in [4.78, 5) is 21.8. The molecule has 0 aromatic carbocycles. The predicted molar refractivity (Wildman–Crippen MR) is 81.6 cm³/mol. The molecule has 116 valence electrons. The van der Waals surface area contributed by atoms with Crippen molar-refractivity contribution in [3.05, 3.63) is 0 Å². The molecule has 0 amide bonds. The summed E-state index contributed by atoms with van der Waals surface area (Å²) in [7, 11) is -4.77. The van der Waals surface area contributed by atoms with Crippen LogP contribution in [0.3, 0.4) is 0 Å². The van der Waals surface area contributed by atoms with E-state index in [9.17, 15) is 18.0 Å². The minimum atomic E-state index is -4.77. The number of carbonyl (C=O) groups is 2. The minimum absolute atomic E-state index is 0. The van der Waals surface area contributed by atoms with E-state index in [1.807, 2.05) is 0 Å². The van der Waals surface area contributed by atoms with Gasteiger partial charge in [0.15, 0.2) is 5.25 Å². The number of carboxylic acid groups (broad SMARTS) is 1. The monoisotopic (exact) mass is 344 g/mol. The van der Waals surface area contributed by atoms with Crippen LogP contribution in [-0.4, -0.2) is 101 Å². The Morgan fingerprint density at radius 2 is 1.62 bits per heavy atom. The third kappa shape index (κ3) is 14.2. The van der Waals surface area contributed by atoms with Crippen molar-refractivity contribution in [1.82, 2.24) is 0 Å². The molecule has 0 aromatic heterocycles. The molecule has 0 bridgehead atoms. The van der Waals surface area contributed by atoms with Gasteiger partial charge in [-0.3, -0.25) is 14.1 Å². The van der Waals surface area contributed by atoms with Gasteiger partial charge in [0.25, 0.3) is 10.1 Å². The summed E-state index contributed by atoms with van der Waals surface area (Å²) in [6, 6.07) is 0. The second kappa shape index (κ2) is 14.4. The number of hydrogen-bond acceptors (Lipinski definition) is 5. The van der Waals surface area contributed by atoms with E-state index in [2.05, 4.69) is 11.7 Å². The number of carboxylic acids is 1. The van der Waals surface area contributed by atoms with Gasteiger partial charge in [0.05, 0.1) is 13.0 Å². The zero-order valence-corrected chi connectivity index (χ0v) is 11.7. The molecule has 0 spiro atoms. The van der Waals surface area contributed by atoms with Gasteiger partial charge >= 0.3 is 71.1 Å².